The topological polar surface area (TPSA) is 120 Å². The van der Waals surface area contributed by atoms with E-state index in [1.807, 2.05) is 41.9 Å². The van der Waals surface area contributed by atoms with E-state index in [1.54, 1.807) is 61.3 Å². The quantitative estimate of drug-likeness (QED) is 0.155. The summed E-state index contributed by atoms with van der Waals surface area (Å²) in [5, 5.41) is 0.679. The number of carbonyl (C=O) groups is 1. The number of nitrogen functional groups attached to an aromatic ring is 1. The number of rotatable bonds is 9. The summed E-state index contributed by atoms with van der Waals surface area (Å²) in [6.45, 7) is 1.32. The average molecular weight is 562 g/mol. The molecule has 0 amide bonds. The number of imidazole rings is 1. The second kappa shape index (κ2) is 11.0. The summed E-state index contributed by atoms with van der Waals surface area (Å²) >= 11 is 1.63. The molecule has 0 saturated carbocycles. The highest BCUT2D eigenvalue weighted by Crippen LogP contribution is 2.31. The van der Waals surface area contributed by atoms with Crippen LogP contribution < -0.4 is 10.0 Å². The first-order valence-corrected chi connectivity index (χ1v) is 14.7. The van der Waals surface area contributed by atoms with Gasteiger partial charge in [-0.15, -0.1) is 11.8 Å². The van der Waals surface area contributed by atoms with Crippen molar-refractivity contribution in [3.8, 4) is 0 Å². The number of hydrogen-bond acceptors (Lipinski definition) is 8. The van der Waals surface area contributed by atoms with E-state index in [9.17, 15) is 13.2 Å². The number of aryl methyl sites for hydroxylation is 1. The van der Waals surface area contributed by atoms with Crippen LogP contribution in [0.15, 0.2) is 88.8 Å². The summed E-state index contributed by atoms with van der Waals surface area (Å²) in [7, 11) is -2.28. The van der Waals surface area contributed by atoms with Crippen LogP contribution in [0.1, 0.15) is 12.7 Å². The monoisotopic (exact) mass is 561 g/mol. The fourth-order valence-corrected chi connectivity index (χ4v) is 6.73. The molecule has 11 heteroatoms. The molecule has 0 unspecified atom stereocenters. The van der Waals surface area contributed by atoms with Crippen molar-refractivity contribution in [2.45, 2.75) is 22.5 Å². The summed E-state index contributed by atoms with van der Waals surface area (Å²) in [5.41, 5.74) is 8.58. The van der Waals surface area contributed by atoms with E-state index in [4.69, 9.17) is 15.5 Å². The molecule has 0 aliphatic carbocycles. The van der Waals surface area contributed by atoms with Crippen molar-refractivity contribution in [3.63, 3.8) is 0 Å². The van der Waals surface area contributed by atoms with Crippen LogP contribution >= 0.6 is 11.8 Å². The zero-order valence-corrected chi connectivity index (χ0v) is 23.1. The van der Waals surface area contributed by atoms with E-state index in [1.165, 1.54) is 6.07 Å². The van der Waals surface area contributed by atoms with Gasteiger partial charge >= 0.3 is 5.97 Å². The maximum atomic E-state index is 14.0. The van der Waals surface area contributed by atoms with Crippen LogP contribution in [0.4, 0.5) is 11.4 Å². The number of hydrogen-bond donors (Lipinski definition) is 1. The summed E-state index contributed by atoms with van der Waals surface area (Å²) in [6, 6.07) is 21.3. The summed E-state index contributed by atoms with van der Waals surface area (Å²) in [4.78, 5) is 22.7. The van der Waals surface area contributed by atoms with Gasteiger partial charge in [0.25, 0.3) is 10.0 Å². The second-order valence-corrected chi connectivity index (χ2v) is 11.6. The Morgan fingerprint density at radius 2 is 1.85 bits per heavy atom. The highest BCUT2D eigenvalue weighted by molar-refractivity contribution is 7.98. The number of benzene rings is 3. The Bertz CT molecular complexity index is 1760. The number of nitrogens with two attached hydrogens (primary N) is 1. The van der Waals surface area contributed by atoms with E-state index in [0.717, 1.165) is 20.5 Å². The molecule has 0 spiro atoms. The first kappa shape index (κ1) is 26.5. The molecule has 3 aromatic carbocycles. The third kappa shape index (κ3) is 5.41. The zero-order valence-electron chi connectivity index (χ0n) is 21.4. The zero-order chi connectivity index (χ0) is 27.6. The van der Waals surface area contributed by atoms with Gasteiger partial charge in [0, 0.05) is 29.2 Å². The van der Waals surface area contributed by atoms with Crippen molar-refractivity contribution in [1.82, 2.24) is 14.5 Å². The number of thioether (sulfide) groups is 1. The fraction of sp³-hybridized carbons (Fsp3) is 0.179. The Morgan fingerprint density at radius 1 is 1.08 bits per heavy atom. The van der Waals surface area contributed by atoms with Crippen molar-refractivity contribution in [2.75, 3.05) is 23.2 Å². The molecule has 2 N–H and O–H groups in total. The molecule has 0 bridgehead atoms. The van der Waals surface area contributed by atoms with E-state index in [2.05, 4.69) is 4.98 Å². The van der Waals surface area contributed by atoms with Gasteiger partial charge in [0.1, 0.15) is 17.3 Å². The molecule has 200 valence electrons. The van der Waals surface area contributed by atoms with Gasteiger partial charge in [-0.05, 0) is 61.5 Å². The Hall–Kier alpha value is -4.09. The molecule has 2 aromatic heterocycles. The van der Waals surface area contributed by atoms with E-state index < -0.39 is 22.5 Å². The standard InChI is InChI=1S/C28H27N5O4S2/c1-3-37-27(34)17-33(39(35,36)25-8-4-6-19-7-5-15-30-28(19)25)21-11-14-24-23(16-21)31-26(32(24)2)18-38-22-12-9-20(29)10-13-22/h4-16H,3,17-18,29H2,1-2H3. The van der Waals surface area contributed by atoms with Gasteiger partial charge in [-0.1, -0.05) is 18.2 Å². The van der Waals surface area contributed by atoms with Crippen molar-refractivity contribution < 1.29 is 17.9 Å². The normalized spacial score (nSPS) is 11.6. The van der Waals surface area contributed by atoms with Gasteiger partial charge in [0.05, 0.1) is 34.6 Å². The lowest BCUT2D eigenvalue weighted by atomic mass is 10.2. The van der Waals surface area contributed by atoms with Crippen molar-refractivity contribution in [3.05, 3.63) is 84.8 Å². The lowest BCUT2D eigenvalue weighted by molar-refractivity contribution is -0.141. The predicted octanol–water partition coefficient (Wildman–Crippen LogP) is 4.75. The second-order valence-electron chi connectivity index (χ2n) is 8.77. The third-order valence-corrected chi connectivity index (χ3v) is 9.05. The number of sulfonamides is 1. The molecular formula is C28H27N5O4S2. The summed E-state index contributed by atoms with van der Waals surface area (Å²) in [5.74, 6) is 0.773. The minimum Gasteiger partial charge on any atom is -0.465 e. The maximum absolute atomic E-state index is 14.0. The number of ether oxygens (including phenoxy) is 1. The number of pyridine rings is 1. The van der Waals surface area contributed by atoms with Gasteiger partial charge in [0.15, 0.2) is 0 Å². The van der Waals surface area contributed by atoms with E-state index in [0.29, 0.717) is 33.5 Å². The number of nitrogens with zero attached hydrogens (tertiary/aromatic N) is 4. The average Bonchev–Trinajstić information content (AvgIpc) is 3.25. The predicted molar refractivity (Wildman–Crippen MR) is 154 cm³/mol. The van der Waals surface area contributed by atoms with Gasteiger partial charge in [-0.3, -0.25) is 14.1 Å². The van der Waals surface area contributed by atoms with Crippen molar-refractivity contribution in [1.29, 1.82) is 0 Å². The highest BCUT2D eigenvalue weighted by atomic mass is 32.2. The molecule has 0 aliphatic rings. The van der Waals surface area contributed by atoms with Crippen LogP contribution in [0.5, 0.6) is 0 Å². The molecule has 0 saturated heterocycles. The minimum absolute atomic E-state index is 0.00611. The van der Waals surface area contributed by atoms with Crippen molar-refractivity contribution in [2.24, 2.45) is 7.05 Å². The molecule has 0 aliphatic heterocycles. The van der Waals surface area contributed by atoms with E-state index in [-0.39, 0.29) is 11.5 Å². The first-order valence-electron chi connectivity index (χ1n) is 12.2. The van der Waals surface area contributed by atoms with Gasteiger partial charge in [0.2, 0.25) is 0 Å². The summed E-state index contributed by atoms with van der Waals surface area (Å²) < 4.78 is 36.2. The summed E-state index contributed by atoms with van der Waals surface area (Å²) in [6.07, 6.45) is 1.54. The molecule has 9 nitrogen and oxygen atoms in total. The Labute approximate surface area is 230 Å². The lowest BCUT2D eigenvalue weighted by Gasteiger charge is -2.24. The van der Waals surface area contributed by atoms with Crippen LogP contribution in [0.3, 0.4) is 0 Å². The molecule has 0 radical (unpaired) electrons. The van der Waals surface area contributed by atoms with E-state index >= 15 is 0 Å². The maximum Gasteiger partial charge on any atom is 0.326 e. The van der Waals surface area contributed by atoms with Crippen LogP contribution in [-0.2, 0) is 32.4 Å². The number of para-hydroxylation sites is 1. The largest absolute Gasteiger partial charge is 0.465 e. The number of aromatic nitrogens is 3. The Kier molecular flexibility index (Phi) is 7.45. The van der Waals surface area contributed by atoms with Crippen LogP contribution in [-0.4, -0.2) is 42.1 Å². The van der Waals surface area contributed by atoms with Gasteiger partial charge in [-0.25, -0.2) is 13.4 Å². The van der Waals surface area contributed by atoms with Gasteiger partial charge in [-0.2, -0.15) is 0 Å². The third-order valence-electron chi connectivity index (χ3n) is 6.23. The Morgan fingerprint density at radius 3 is 2.62 bits per heavy atom. The van der Waals surface area contributed by atoms with Crippen molar-refractivity contribution >= 4 is 61.1 Å². The fourth-order valence-electron chi connectivity index (χ4n) is 4.28. The molecule has 5 aromatic rings. The van der Waals surface area contributed by atoms with Gasteiger partial charge < -0.3 is 15.0 Å². The molecule has 0 atom stereocenters. The Balaban J connectivity index is 1.53. The lowest BCUT2D eigenvalue weighted by Crippen LogP contribution is -2.36. The first-order chi connectivity index (χ1) is 18.8. The number of anilines is 2. The number of fused-ring (bicyclic) bond motifs is 2. The number of esters is 1. The minimum atomic E-state index is -4.19. The molecule has 2 heterocycles. The molecule has 0 fully saturated rings. The van der Waals surface area contributed by atoms with Crippen LogP contribution in [0, 0.1) is 0 Å². The number of carbonyl (C=O) groups excluding carboxylic acids is 1. The highest BCUT2D eigenvalue weighted by Gasteiger charge is 2.30. The van der Waals surface area contributed by atoms with Crippen LogP contribution in [0.2, 0.25) is 0 Å². The molecule has 5 rings (SSSR count). The SMILES string of the molecule is CCOC(=O)CN(c1ccc2c(c1)nc(CSc1ccc(N)cc1)n2C)S(=O)(=O)c1cccc2cccnc12. The smallest absolute Gasteiger partial charge is 0.326 e. The van der Waals surface area contributed by atoms with Crippen LogP contribution in [0.25, 0.3) is 21.9 Å². The molecule has 39 heavy (non-hydrogen) atoms. The molecular weight excluding hydrogens is 534 g/mol.